The van der Waals surface area contributed by atoms with Crippen LogP contribution in [0, 0.1) is 0 Å². The Morgan fingerprint density at radius 2 is 1.89 bits per heavy atom. The average molecular weight is 403 g/mol. The third-order valence-corrected chi connectivity index (χ3v) is 4.41. The summed E-state index contributed by atoms with van der Waals surface area (Å²) in [5.41, 5.74) is 1.25. The molecule has 3 rings (SSSR count). The van der Waals surface area contributed by atoms with E-state index in [0.29, 0.717) is 23.7 Å². The highest BCUT2D eigenvalue weighted by Crippen LogP contribution is 2.16. The minimum atomic E-state index is -0.793. The van der Waals surface area contributed by atoms with Crippen LogP contribution in [-0.2, 0) is 20.9 Å². The Hall–Kier alpha value is -2.97. The van der Waals surface area contributed by atoms with Gasteiger partial charge in [0.25, 0.3) is 5.91 Å². The molecule has 3 amide bonds. The van der Waals surface area contributed by atoms with Crippen molar-refractivity contribution in [2.24, 2.45) is 0 Å². The Labute approximate surface area is 166 Å². The number of halogens is 1. The van der Waals surface area contributed by atoms with Gasteiger partial charge in [0.2, 0.25) is 0 Å². The highest BCUT2D eigenvalue weighted by Gasteiger charge is 2.31. The van der Waals surface area contributed by atoms with Gasteiger partial charge < -0.3 is 20.3 Å². The number of benzene rings is 1. The lowest BCUT2D eigenvalue weighted by atomic mass is 10.2. The Morgan fingerprint density at radius 3 is 2.61 bits per heavy atom. The molecule has 28 heavy (non-hydrogen) atoms. The third-order valence-electron chi connectivity index (χ3n) is 4.16. The van der Waals surface area contributed by atoms with Crippen LogP contribution in [0.4, 0.5) is 0 Å². The number of nitrogens with zero attached hydrogens (tertiary/aromatic N) is 2. The van der Waals surface area contributed by atoms with Crippen LogP contribution >= 0.6 is 11.6 Å². The van der Waals surface area contributed by atoms with Crippen molar-refractivity contribution < 1.29 is 19.1 Å². The summed E-state index contributed by atoms with van der Waals surface area (Å²) in [6, 6.07) is 10.1. The summed E-state index contributed by atoms with van der Waals surface area (Å²) >= 11 is 5.85. The third kappa shape index (κ3) is 5.05. The van der Waals surface area contributed by atoms with E-state index in [-0.39, 0.29) is 19.0 Å². The number of ether oxygens (including phenoxy) is 1. The lowest BCUT2D eigenvalue weighted by Gasteiger charge is -2.23. The number of carbonyl (C=O) groups excluding carboxylic acids is 3. The Morgan fingerprint density at radius 1 is 1.14 bits per heavy atom. The topological polar surface area (TPSA) is 101 Å². The lowest BCUT2D eigenvalue weighted by molar-refractivity contribution is -0.139. The molecule has 9 heteroatoms. The SMILES string of the molecule is O=C(NCc1cccnc1)C(=O)NCC1OCCN1C(=O)c1ccc(Cl)cc1. The van der Waals surface area contributed by atoms with Crippen LogP contribution in [0.1, 0.15) is 15.9 Å². The highest BCUT2D eigenvalue weighted by atomic mass is 35.5. The number of aromatic nitrogens is 1. The van der Waals surface area contributed by atoms with Crippen LogP contribution in [0.15, 0.2) is 48.8 Å². The molecule has 1 atom stereocenters. The fraction of sp³-hybridized carbons (Fsp3) is 0.263. The molecule has 1 fully saturated rings. The zero-order valence-electron chi connectivity index (χ0n) is 14.9. The molecular weight excluding hydrogens is 384 g/mol. The van der Waals surface area contributed by atoms with Crippen molar-refractivity contribution >= 4 is 29.3 Å². The van der Waals surface area contributed by atoms with E-state index in [4.69, 9.17) is 16.3 Å². The second-order valence-corrected chi connectivity index (χ2v) is 6.52. The number of amides is 3. The number of carbonyl (C=O) groups is 3. The predicted molar refractivity (Wildman–Crippen MR) is 101 cm³/mol. The van der Waals surface area contributed by atoms with Crippen molar-refractivity contribution in [1.29, 1.82) is 0 Å². The normalized spacial score (nSPS) is 15.9. The van der Waals surface area contributed by atoms with Gasteiger partial charge >= 0.3 is 11.8 Å². The summed E-state index contributed by atoms with van der Waals surface area (Å²) in [5, 5.41) is 5.55. The minimum Gasteiger partial charge on any atom is -0.355 e. The average Bonchev–Trinajstić information content (AvgIpc) is 3.19. The molecule has 1 aliphatic heterocycles. The van der Waals surface area contributed by atoms with Crippen molar-refractivity contribution in [3.8, 4) is 0 Å². The van der Waals surface area contributed by atoms with Crippen molar-refractivity contribution in [2.75, 3.05) is 19.7 Å². The fourth-order valence-electron chi connectivity index (χ4n) is 2.71. The van der Waals surface area contributed by atoms with Crippen LogP contribution in [-0.4, -0.2) is 53.5 Å². The highest BCUT2D eigenvalue weighted by molar-refractivity contribution is 6.35. The zero-order chi connectivity index (χ0) is 19.9. The maximum absolute atomic E-state index is 12.6. The molecule has 1 aromatic carbocycles. The van der Waals surface area contributed by atoms with Gasteiger partial charge in [-0.25, -0.2) is 0 Å². The largest absolute Gasteiger partial charge is 0.355 e. The van der Waals surface area contributed by atoms with Crippen LogP contribution < -0.4 is 10.6 Å². The van der Waals surface area contributed by atoms with Crippen molar-refractivity contribution in [3.63, 3.8) is 0 Å². The number of rotatable bonds is 5. The van der Waals surface area contributed by atoms with E-state index in [1.807, 2.05) is 0 Å². The van der Waals surface area contributed by atoms with Gasteiger partial charge in [0, 0.05) is 36.1 Å². The maximum atomic E-state index is 12.6. The molecule has 8 nitrogen and oxygen atoms in total. The molecule has 0 saturated carbocycles. The van der Waals surface area contributed by atoms with Crippen molar-refractivity contribution in [1.82, 2.24) is 20.5 Å². The number of pyridine rings is 1. The first-order chi connectivity index (χ1) is 13.5. The first kappa shape index (κ1) is 19.8. The molecule has 2 N–H and O–H groups in total. The van der Waals surface area contributed by atoms with Gasteiger partial charge in [0.15, 0.2) is 0 Å². The van der Waals surface area contributed by atoms with E-state index in [1.54, 1.807) is 48.8 Å². The Balaban J connectivity index is 1.49. The molecule has 0 spiro atoms. The Kier molecular flexibility index (Phi) is 6.57. The summed E-state index contributed by atoms with van der Waals surface area (Å²) in [7, 11) is 0. The molecule has 1 aliphatic rings. The molecule has 1 aromatic heterocycles. The van der Waals surface area contributed by atoms with E-state index in [1.165, 1.54) is 4.90 Å². The van der Waals surface area contributed by atoms with E-state index in [2.05, 4.69) is 15.6 Å². The van der Waals surface area contributed by atoms with Crippen molar-refractivity contribution in [2.45, 2.75) is 12.8 Å². The number of hydrogen-bond donors (Lipinski definition) is 2. The molecule has 146 valence electrons. The van der Waals surface area contributed by atoms with Gasteiger partial charge in [0.1, 0.15) is 6.23 Å². The standard InChI is InChI=1S/C19H19ClN4O4/c20-15-5-3-14(4-6-15)19(27)24-8-9-28-16(24)12-23-18(26)17(25)22-11-13-2-1-7-21-10-13/h1-7,10,16H,8-9,11-12H2,(H,22,25)(H,23,26). The second-order valence-electron chi connectivity index (χ2n) is 6.08. The van der Waals surface area contributed by atoms with Gasteiger partial charge in [-0.2, -0.15) is 0 Å². The van der Waals surface area contributed by atoms with Crippen LogP contribution in [0.25, 0.3) is 0 Å². The van der Waals surface area contributed by atoms with Crippen LogP contribution in [0.5, 0.6) is 0 Å². The number of hydrogen-bond acceptors (Lipinski definition) is 5. The first-order valence-electron chi connectivity index (χ1n) is 8.67. The van der Waals surface area contributed by atoms with Gasteiger partial charge in [-0.05, 0) is 35.9 Å². The molecule has 2 heterocycles. The molecule has 0 radical (unpaired) electrons. The lowest BCUT2D eigenvalue weighted by Crippen LogP contribution is -2.47. The summed E-state index contributed by atoms with van der Waals surface area (Å²) < 4.78 is 5.52. The Bertz CT molecular complexity index is 845. The maximum Gasteiger partial charge on any atom is 0.309 e. The van der Waals surface area contributed by atoms with Crippen LogP contribution in [0.2, 0.25) is 5.02 Å². The van der Waals surface area contributed by atoms with Crippen LogP contribution in [0.3, 0.4) is 0 Å². The monoisotopic (exact) mass is 402 g/mol. The van der Waals surface area contributed by atoms with Gasteiger partial charge in [-0.3, -0.25) is 19.4 Å². The summed E-state index contributed by atoms with van der Waals surface area (Å²) in [6.45, 7) is 0.960. The summed E-state index contributed by atoms with van der Waals surface area (Å²) in [4.78, 5) is 42.0. The first-order valence-corrected chi connectivity index (χ1v) is 9.05. The molecular formula is C19H19ClN4O4. The summed E-state index contributed by atoms with van der Waals surface area (Å²) in [5.74, 6) is -1.79. The van der Waals surface area contributed by atoms with Gasteiger partial charge in [0.05, 0.1) is 13.2 Å². The van der Waals surface area contributed by atoms with E-state index in [9.17, 15) is 14.4 Å². The van der Waals surface area contributed by atoms with Gasteiger partial charge in [-0.15, -0.1) is 0 Å². The van der Waals surface area contributed by atoms with E-state index in [0.717, 1.165) is 5.56 Å². The minimum absolute atomic E-state index is 0.0124. The zero-order valence-corrected chi connectivity index (χ0v) is 15.7. The molecule has 0 aliphatic carbocycles. The predicted octanol–water partition coefficient (Wildman–Crippen LogP) is 0.966. The van der Waals surface area contributed by atoms with E-state index >= 15 is 0 Å². The molecule has 1 unspecified atom stereocenters. The molecule has 1 saturated heterocycles. The van der Waals surface area contributed by atoms with Gasteiger partial charge in [-0.1, -0.05) is 17.7 Å². The second kappa shape index (κ2) is 9.29. The van der Waals surface area contributed by atoms with E-state index < -0.39 is 18.0 Å². The van der Waals surface area contributed by atoms with Crippen molar-refractivity contribution in [3.05, 3.63) is 64.9 Å². The smallest absolute Gasteiger partial charge is 0.309 e. The molecule has 2 aromatic rings. The molecule has 0 bridgehead atoms. The number of nitrogens with one attached hydrogen (secondary N) is 2. The fourth-order valence-corrected chi connectivity index (χ4v) is 2.83. The summed E-state index contributed by atoms with van der Waals surface area (Å²) in [6.07, 6.45) is 2.58. The quantitative estimate of drug-likeness (QED) is 0.726.